The second-order valence-corrected chi connectivity index (χ2v) is 6.57. The Hall–Kier alpha value is -2.03. The fourth-order valence-electron chi connectivity index (χ4n) is 3.42. The predicted octanol–water partition coefficient (Wildman–Crippen LogP) is 3.93. The molecule has 2 heterocycles. The number of aromatic hydroxyl groups is 1. The van der Waals surface area contributed by atoms with E-state index in [0.717, 1.165) is 30.5 Å². The summed E-state index contributed by atoms with van der Waals surface area (Å²) >= 11 is 0. The number of hydrogen-bond acceptors (Lipinski definition) is 2. The first-order valence-corrected chi connectivity index (χ1v) is 8.08. The molecule has 0 fully saturated rings. The Morgan fingerprint density at radius 1 is 1.32 bits per heavy atom. The summed E-state index contributed by atoms with van der Waals surface area (Å²) in [4.78, 5) is 11.9. The molecule has 1 aromatic heterocycles. The number of nitrogens with zero attached hydrogens (tertiary/aromatic N) is 1. The molecule has 116 valence electrons. The standard InChI is InChI=1S/C19H23NO2/c1-4-5-13-6-7-15-14(8-13)9-16(12(2)3)20-11-19(22)18(21)10-17(15)20/h6-8,10-12,16,22H,4-5,9H2,1-3H3. The van der Waals surface area contributed by atoms with Crippen LogP contribution >= 0.6 is 0 Å². The predicted molar refractivity (Wildman–Crippen MR) is 89.4 cm³/mol. The topological polar surface area (TPSA) is 42.2 Å². The molecular weight excluding hydrogens is 274 g/mol. The minimum absolute atomic E-state index is 0.166. The van der Waals surface area contributed by atoms with Crippen molar-refractivity contribution in [1.29, 1.82) is 0 Å². The Morgan fingerprint density at radius 2 is 2.09 bits per heavy atom. The molecule has 3 nitrogen and oxygen atoms in total. The minimum atomic E-state index is -0.306. The van der Waals surface area contributed by atoms with Gasteiger partial charge in [-0.25, -0.2) is 0 Å². The second kappa shape index (κ2) is 5.64. The quantitative estimate of drug-likeness (QED) is 0.932. The Bertz CT molecular complexity index is 759. The van der Waals surface area contributed by atoms with Crippen LogP contribution in [0.1, 0.15) is 44.4 Å². The first-order valence-electron chi connectivity index (χ1n) is 8.08. The highest BCUT2D eigenvalue weighted by Crippen LogP contribution is 2.38. The highest BCUT2D eigenvalue weighted by atomic mass is 16.3. The van der Waals surface area contributed by atoms with Crippen LogP contribution in [0, 0.1) is 5.92 Å². The Kier molecular flexibility index (Phi) is 3.81. The zero-order valence-electron chi connectivity index (χ0n) is 13.5. The highest BCUT2D eigenvalue weighted by molar-refractivity contribution is 5.67. The molecule has 1 unspecified atom stereocenters. The maximum atomic E-state index is 11.9. The lowest BCUT2D eigenvalue weighted by Gasteiger charge is -2.33. The first-order chi connectivity index (χ1) is 10.5. The van der Waals surface area contributed by atoms with Crippen LogP contribution in [-0.4, -0.2) is 9.67 Å². The lowest BCUT2D eigenvalue weighted by molar-refractivity contribution is 0.360. The molecule has 1 N–H and O–H groups in total. The van der Waals surface area contributed by atoms with Gasteiger partial charge in [0.25, 0.3) is 0 Å². The smallest absolute Gasteiger partial charge is 0.223 e. The van der Waals surface area contributed by atoms with Gasteiger partial charge in [0.15, 0.2) is 5.75 Å². The van der Waals surface area contributed by atoms with Crippen molar-refractivity contribution >= 4 is 0 Å². The molecule has 2 aromatic rings. The minimum Gasteiger partial charge on any atom is -0.503 e. The summed E-state index contributed by atoms with van der Waals surface area (Å²) < 4.78 is 2.07. The molecule has 3 heteroatoms. The lowest BCUT2D eigenvalue weighted by atomic mass is 9.86. The molecule has 0 spiro atoms. The van der Waals surface area contributed by atoms with Crippen molar-refractivity contribution in [2.75, 3.05) is 0 Å². The van der Waals surface area contributed by atoms with Crippen molar-refractivity contribution < 1.29 is 5.11 Å². The van der Waals surface area contributed by atoms with Gasteiger partial charge in [-0.1, -0.05) is 45.4 Å². The summed E-state index contributed by atoms with van der Waals surface area (Å²) in [5.74, 6) is 0.268. The fourth-order valence-corrected chi connectivity index (χ4v) is 3.42. The van der Waals surface area contributed by atoms with Crippen molar-refractivity contribution in [3.63, 3.8) is 0 Å². The SMILES string of the molecule is CCCc1ccc2c(c1)CC(C(C)C)n1cc(O)c(=O)cc1-2. The van der Waals surface area contributed by atoms with Crippen LogP contribution in [0.2, 0.25) is 0 Å². The van der Waals surface area contributed by atoms with Crippen LogP contribution in [-0.2, 0) is 12.8 Å². The van der Waals surface area contributed by atoms with E-state index in [1.54, 1.807) is 12.3 Å². The molecule has 0 bridgehead atoms. The van der Waals surface area contributed by atoms with Crippen LogP contribution in [0.5, 0.6) is 5.75 Å². The van der Waals surface area contributed by atoms with E-state index < -0.39 is 0 Å². The van der Waals surface area contributed by atoms with Gasteiger partial charge in [-0.05, 0) is 29.9 Å². The van der Waals surface area contributed by atoms with E-state index in [1.807, 2.05) is 0 Å². The summed E-state index contributed by atoms with van der Waals surface area (Å²) in [6, 6.07) is 8.40. The molecule has 1 atom stereocenters. The Labute approximate surface area is 131 Å². The zero-order valence-corrected chi connectivity index (χ0v) is 13.5. The van der Waals surface area contributed by atoms with E-state index in [0.29, 0.717) is 5.92 Å². The first kappa shape index (κ1) is 14.9. The van der Waals surface area contributed by atoms with Crippen LogP contribution in [0.3, 0.4) is 0 Å². The molecule has 0 radical (unpaired) electrons. The average Bonchev–Trinajstić information content (AvgIpc) is 2.48. The third kappa shape index (κ3) is 2.45. The zero-order chi connectivity index (χ0) is 15.9. The average molecular weight is 297 g/mol. The normalized spacial score (nSPS) is 16.5. The van der Waals surface area contributed by atoms with E-state index in [2.05, 4.69) is 43.5 Å². The molecule has 0 saturated heterocycles. The van der Waals surface area contributed by atoms with Crippen LogP contribution < -0.4 is 5.43 Å². The van der Waals surface area contributed by atoms with Crippen molar-refractivity contribution in [1.82, 2.24) is 4.57 Å². The summed E-state index contributed by atoms with van der Waals surface area (Å²) in [5, 5.41) is 9.80. The van der Waals surface area contributed by atoms with E-state index in [1.165, 1.54) is 11.1 Å². The molecule has 1 aliphatic heterocycles. The molecule has 0 amide bonds. The van der Waals surface area contributed by atoms with Crippen LogP contribution in [0.25, 0.3) is 11.3 Å². The molecule has 0 aliphatic carbocycles. The van der Waals surface area contributed by atoms with Gasteiger partial charge in [0.05, 0.1) is 11.9 Å². The maximum absolute atomic E-state index is 11.9. The van der Waals surface area contributed by atoms with Crippen molar-refractivity contribution in [2.45, 2.75) is 46.1 Å². The van der Waals surface area contributed by atoms with Gasteiger partial charge in [0.2, 0.25) is 5.43 Å². The van der Waals surface area contributed by atoms with Crippen LogP contribution in [0.4, 0.5) is 0 Å². The van der Waals surface area contributed by atoms with E-state index >= 15 is 0 Å². The van der Waals surface area contributed by atoms with Crippen molar-refractivity contribution in [2.24, 2.45) is 5.92 Å². The van der Waals surface area contributed by atoms with Gasteiger partial charge in [0, 0.05) is 17.7 Å². The maximum Gasteiger partial charge on any atom is 0.223 e. The summed E-state index contributed by atoms with van der Waals surface area (Å²) in [5.41, 5.74) is 4.41. The van der Waals surface area contributed by atoms with E-state index in [-0.39, 0.29) is 17.2 Å². The number of pyridine rings is 1. The lowest BCUT2D eigenvalue weighted by Crippen LogP contribution is -2.25. The molecule has 1 aromatic carbocycles. The number of benzene rings is 1. The third-order valence-corrected chi connectivity index (χ3v) is 4.60. The number of aryl methyl sites for hydroxylation is 1. The third-order valence-electron chi connectivity index (χ3n) is 4.60. The van der Waals surface area contributed by atoms with Gasteiger partial charge < -0.3 is 9.67 Å². The Morgan fingerprint density at radius 3 is 2.77 bits per heavy atom. The van der Waals surface area contributed by atoms with Crippen LogP contribution in [0.15, 0.2) is 35.3 Å². The number of hydrogen-bond donors (Lipinski definition) is 1. The largest absolute Gasteiger partial charge is 0.503 e. The van der Waals surface area contributed by atoms with Crippen molar-refractivity contribution in [3.05, 3.63) is 51.8 Å². The number of fused-ring (bicyclic) bond motifs is 3. The fraction of sp³-hybridized carbons (Fsp3) is 0.421. The van der Waals surface area contributed by atoms with Gasteiger partial charge in [0.1, 0.15) is 0 Å². The molecule has 1 aliphatic rings. The highest BCUT2D eigenvalue weighted by Gasteiger charge is 2.26. The van der Waals surface area contributed by atoms with E-state index in [4.69, 9.17) is 0 Å². The summed E-state index contributed by atoms with van der Waals surface area (Å²) in [7, 11) is 0. The molecule has 0 saturated carbocycles. The summed E-state index contributed by atoms with van der Waals surface area (Å²) in [6.45, 7) is 6.56. The van der Waals surface area contributed by atoms with Gasteiger partial charge in [-0.2, -0.15) is 0 Å². The van der Waals surface area contributed by atoms with Gasteiger partial charge in [-0.3, -0.25) is 4.79 Å². The number of aromatic nitrogens is 1. The van der Waals surface area contributed by atoms with E-state index in [9.17, 15) is 9.90 Å². The second-order valence-electron chi connectivity index (χ2n) is 6.57. The van der Waals surface area contributed by atoms with Gasteiger partial charge >= 0.3 is 0 Å². The molecule has 3 rings (SSSR count). The molecule has 22 heavy (non-hydrogen) atoms. The molecular formula is C19H23NO2. The Balaban J connectivity index is 2.20. The number of rotatable bonds is 3. The summed E-state index contributed by atoms with van der Waals surface area (Å²) in [6.07, 6.45) is 4.77. The van der Waals surface area contributed by atoms with Gasteiger partial charge in [-0.15, -0.1) is 0 Å². The van der Waals surface area contributed by atoms with Crippen molar-refractivity contribution in [3.8, 4) is 17.0 Å². The monoisotopic (exact) mass is 297 g/mol.